The number of nitro benzene ring substituents is 1. The van der Waals surface area contributed by atoms with Crippen molar-refractivity contribution in [3.05, 3.63) is 45.7 Å². The molecule has 8 heteroatoms. The summed E-state index contributed by atoms with van der Waals surface area (Å²) in [5, 5.41) is 10.9. The zero-order valence-electron chi connectivity index (χ0n) is 8.91. The maximum Gasteiger partial charge on any atom is 0.273 e. The second-order valence-corrected chi connectivity index (χ2v) is 3.66. The Hall–Kier alpha value is -2.41. The molecule has 1 aromatic heterocycles. The highest BCUT2D eigenvalue weighted by Gasteiger charge is 2.12. The van der Waals surface area contributed by atoms with Gasteiger partial charge < -0.3 is 10.5 Å². The van der Waals surface area contributed by atoms with Gasteiger partial charge in [-0.3, -0.25) is 15.1 Å². The first kappa shape index (κ1) is 12.1. The average Bonchev–Trinajstić information content (AvgIpc) is 2.31. The number of aromatic nitrogens is 2. The molecule has 0 aliphatic rings. The molecule has 0 radical (unpaired) electrons. The summed E-state index contributed by atoms with van der Waals surface area (Å²) in [6.45, 7) is 0. The number of nitrogens with two attached hydrogens (primary N) is 1. The van der Waals surface area contributed by atoms with E-state index in [1.165, 1.54) is 30.6 Å². The highest BCUT2D eigenvalue weighted by Crippen LogP contribution is 2.31. The number of ether oxygens (including phenoxy) is 1. The lowest BCUT2D eigenvalue weighted by atomic mass is 10.3. The van der Waals surface area contributed by atoms with Crippen molar-refractivity contribution in [2.75, 3.05) is 5.73 Å². The minimum Gasteiger partial charge on any atom is -0.436 e. The molecular weight excluding hydrogens is 260 g/mol. The van der Waals surface area contributed by atoms with E-state index in [4.69, 9.17) is 22.1 Å². The number of non-ortho nitro benzene ring substituents is 1. The van der Waals surface area contributed by atoms with Crippen LogP contribution in [-0.4, -0.2) is 14.9 Å². The summed E-state index contributed by atoms with van der Waals surface area (Å²) in [7, 11) is 0. The molecule has 1 aromatic carbocycles. The van der Waals surface area contributed by atoms with Gasteiger partial charge in [0, 0.05) is 6.07 Å². The number of anilines is 1. The first-order chi connectivity index (χ1) is 8.56. The highest BCUT2D eigenvalue weighted by molar-refractivity contribution is 6.32. The summed E-state index contributed by atoms with van der Waals surface area (Å²) >= 11 is 5.86. The Bertz CT molecular complexity index is 605. The number of rotatable bonds is 3. The largest absolute Gasteiger partial charge is 0.436 e. The molecular formula is C10H7ClN4O3. The van der Waals surface area contributed by atoms with Gasteiger partial charge in [-0.2, -0.15) is 4.98 Å². The number of hydrogen-bond donors (Lipinski definition) is 1. The molecule has 0 spiro atoms. The van der Waals surface area contributed by atoms with Crippen molar-refractivity contribution in [3.63, 3.8) is 0 Å². The Balaban J connectivity index is 2.33. The number of benzene rings is 1. The van der Waals surface area contributed by atoms with Crippen LogP contribution < -0.4 is 10.5 Å². The summed E-state index contributed by atoms with van der Waals surface area (Å²) in [5.41, 5.74) is 5.30. The van der Waals surface area contributed by atoms with Gasteiger partial charge >= 0.3 is 0 Å². The van der Waals surface area contributed by atoms with Crippen molar-refractivity contribution in [2.45, 2.75) is 0 Å². The van der Waals surface area contributed by atoms with Gasteiger partial charge in [0.25, 0.3) is 5.69 Å². The zero-order chi connectivity index (χ0) is 13.1. The van der Waals surface area contributed by atoms with Gasteiger partial charge in [0.05, 0.1) is 28.4 Å². The Morgan fingerprint density at radius 3 is 2.83 bits per heavy atom. The summed E-state index contributed by atoms with van der Waals surface area (Å²) < 4.78 is 5.29. The number of hydrogen-bond acceptors (Lipinski definition) is 6. The first-order valence-electron chi connectivity index (χ1n) is 4.75. The lowest BCUT2D eigenvalue weighted by Crippen LogP contribution is -1.96. The predicted octanol–water partition coefficient (Wildman–Crippen LogP) is 2.41. The van der Waals surface area contributed by atoms with Crippen LogP contribution in [0.15, 0.2) is 30.6 Å². The molecule has 0 amide bonds. The Kier molecular flexibility index (Phi) is 3.24. The topological polar surface area (TPSA) is 104 Å². The van der Waals surface area contributed by atoms with E-state index in [1.54, 1.807) is 0 Å². The van der Waals surface area contributed by atoms with Gasteiger partial charge in [0.1, 0.15) is 5.82 Å². The molecule has 18 heavy (non-hydrogen) atoms. The molecule has 92 valence electrons. The van der Waals surface area contributed by atoms with Crippen molar-refractivity contribution in [3.8, 4) is 11.6 Å². The van der Waals surface area contributed by atoms with E-state index in [9.17, 15) is 10.1 Å². The normalized spacial score (nSPS) is 10.1. The minimum atomic E-state index is -0.547. The van der Waals surface area contributed by atoms with Gasteiger partial charge in [0.15, 0.2) is 5.75 Å². The Morgan fingerprint density at radius 1 is 1.39 bits per heavy atom. The van der Waals surface area contributed by atoms with Crippen LogP contribution in [0.3, 0.4) is 0 Å². The van der Waals surface area contributed by atoms with E-state index in [-0.39, 0.29) is 28.2 Å². The molecule has 2 rings (SSSR count). The van der Waals surface area contributed by atoms with Crippen LogP contribution in [0.1, 0.15) is 0 Å². The fourth-order valence-corrected chi connectivity index (χ4v) is 1.36. The molecule has 0 saturated carbocycles. The SMILES string of the molecule is Nc1cncc(Oc2cc([N+](=O)[O-])ccc2Cl)n1. The number of nitrogen functional groups attached to an aromatic ring is 1. The first-order valence-corrected chi connectivity index (χ1v) is 5.13. The third-order valence-electron chi connectivity index (χ3n) is 1.97. The standard InChI is InChI=1S/C10H7ClN4O3/c11-7-2-1-6(15(16)17)3-8(7)18-10-5-13-4-9(12)14-10/h1-5H,(H2,12,14). The molecule has 0 aliphatic carbocycles. The molecule has 2 N–H and O–H groups in total. The number of halogens is 1. The maximum atomic E-state index is 10.6. The molecule has 0 bridgehead atoms. The van der Waals surface area contributed by atoms with E-state index < -0.39 is 4.92 Å². The van der Waals surface area contributed by atoms with Gasteiger partial charge in [-0.15, -0.1) is 0 Å². The van der Waals surface area contributed by atoms with Gasteiger partial charge in [-0.1, -0.05) is 11.6 Å². The monoisotopic (exact) mass is 266 g/mol. The van der Waals surface area contributed by atoms with Gasteiger partial charge in [0.2, 0.25) is 5.88 Å². The van der Waals surface area contributed by atoms with Crippen LogP contribution in [-0.2, 0) is 0 Å². The number of nitro groups is 1. The molecule has 7 nitrogen and oxygen atoms in total. The summed E-state index contributed by atoms with van der Waals surface area (Å²) in [4.78, 5) is 17.7. The number of nitrogens with zero attached hydrogens (tertiary/aromatic N) is 3. The van der Waals surface area contributed by atoms with Crippen LogP contribution in [0.4, 0.5) is 11.5 Å². The molecule has 1 heterocycles. The van der Waals surface area contributed by atoms with Gasteiger partial charge in [-0.25, -0.2) is 0 Å². The van der Waals surface area contributed by atoms with Crippen LogP contribution in [0.2, 0.25) is 5.02 Å². The quantitative estimate of drug-likeness (QED) is 0.676. The van der Waals surface area contributed by atoms with Crippen molar-refractivity contribution in [1.29, 1.82) is 0 Å². The fraction of sp³-hybridized carbons (Fsp3) is 0. The van der Waals surface area contributed by atoms with Crippen molar-refractivity contribution in [2.24, 2.45) is 0 Å². The summed E-state index contributed by atoms with van der Waals surface area (Å²) in [6.07, 6.45) is 2.67. The van der Waals surface area contributed by atoms with E-state index in [1.807, 2.05) is 0 Å². The van der Waals surface area contributed by atoms with Gasteiger partial charge in [-0.05, 0) is 6.07 Å². The second kappa shape index (κ2) is 4.84. The van der Waals surface area contributed by atoms with Crippen molar-refractivity contribution in [1.82, 2.24) is 9.97 Å². The maximum absolute atomic E-state index is 10.6. The Morgan fingerprint density at radius 2 is 2.17 bits per heavy atom. The van der Waals surface area contributed by atoms with Crippen LogP contribution in [0.25, 0.3) is 0 Å². The predicted molar refractivity (Wildman–Crippen MR) is 64.6 cm³/mol. The lowest BCUT2D eigenvalue weighted by molar-refractivity contribution is -0.384. The zero-order valence-corrected chi connectivity index (χ0v) is 9.66. The highest BCUT2D eigenvalue weighted by atomic mass is 35.5. The minimum absolute atomic E-state index is 0.109. The molecule has 0 atom stereocenters. The summed E-state index contributed by atoms with van der Waals surface area (Å²) in [5.74, 6) is 0.400. The molecule has 0 aliphatic heterocycles. The molecule has 2 aromatic rings. The molecule has 0 unspecified atom stereocenters. The van der Waals surface area contributed by atoms with Crippen molar-refractivity contribution < 1.29 is 9.66 Å². The third-order valence-corrected chi connectivity index (χ3v) is 2.28. The van der Waals surface area contributed by atoms with E-state index in [0.717, 1.165) is 0 Å². The van der Waals surface area contributed by atoms with E-state index in [0.29, 0.717) is 0 Å². The fourth-order valence-electron chi connectivity index (χ4n) is 1.21. The van der Waals surface area contributed by atoms with Crippen LogP contribution in [0, 0.1) is 10.1 Å². The van der Waals surface area contributed by atoms with Crippen LogP contribution in [0.5, 0.6) is 11.6 Å². The average molecular weight is 267 g/mol. The molecule has 0 saturated heterocycles. The third kappa shape index (κ3) is 2.64. The second-order valence-electron chi connectivity index (χ2n) is 3.26. The Labute approximate surface area is 106 Å². The molecule has 0 fully saturated rings. The lowest BCUT2D eigenvalue weighted by Gasteiger charge is -2.06. The smallest absolute Gasteiger partial charge is 0.273 e. The van der Waals surface area contributed by atoms with Crippen LogP contribution >= 0.6 is 11.6 Å². The van der Waals surface area contributed by atoms with Crippen molar-refractivity contribution >= 4 is 23.1 Å². The van der Waals surface area contributed by atoms with E-state index in [2.05, 4.69) is 9.97 Å². The summed E-state index contributed by atoms with van der Waals surface area (Å²) in [6, 6.07) is 3.85. The van der Waals surface area contributed by atoms with E-state index >= 15 is 0 Å².